The third-order valence-corrected chi connectivity index (χ3v) is 3.73. The monoisotopic (exact) mass is 264 g/mol. The predicted octanol–water partition coefficient (Wildman–Crippen LogP) is 4.22. The van der Waals surface area contributed by atoms with Gasteiger partial charge < -0.3 is 9.62 Å². The summed E-state index contributed by atoms with van der Waals surface area (Å²) < 4.78 is 5.37. The highest BCUT2D eigenvalue weighted by Gasteiger charge is 2.18. The van der Waals surface area contributed by atoms with E-state index in [9.17, 15) is 0 Å². The number of benzene rings is 1. The molecule has 3 nitrogen and oxygen atoms in total. The Balaban J connectivity index is 1.67. The van der Waals surface area contributed by atoms with Crippen LogP contribution in [0.15, 0.2) is 24.3 Å². The lowest BCUT2D eigenvalue weighted by atomic mass is 9.83. The van der Waals surface area contributed by atoms with Gasteiger partial charge in [-0.05, 0) is 55.9 Å². The fraction of sp³-hybridized carbons (Fsp3) is 0.625. The Morgan fingerprint density at radius 1 is 1.00 bits per heavy atom. The van der Waals surface area contributed by atoms with E-state index in [1.54, 1.807) is 0 Å². The lowest BCUT2D eigenvalue weighted by Gasteiger charge is -2.25. The second-order valence-corrected chi connectivity index (χ2v) is 5.40. The van der Waals surface area contributed by atoms with E-state index in [0.717, 1.165) is 17.4 Å². The molecule has 0 radical (unpaired) electrons. The first-order valence-electron chi connectivity index (χ1n) is 7.30. The van der Waals surface area contributed by atoms with Crippen molar-refractivity contribution >= 4 is 0 Å². The largest absolute Gasteiger partial charge is 0.494 e. The molecule has 3 heteroatoms. The molecule has 1 aliphatic rings. The van der Waals surface area contributed by atoms with Crippen molar-refractivity contribution in [3.63, 3.8) is 0 Å². The van der Waals surface area contributed by atoms with Gasteiger partial charge in [0.25, 0.3) is 0 Å². The summed E-state index contributed by atoms with van der Waals surface area (Å²) in [7, 11) is 0. The van der Waals surface area contributed by atoms with E-state index in [-0.39, 0.29) is 0 Å². The average molecular weight is 264 g/mol. The number of hydrogen-bond donors (Lipinski definition) is 0. The van der Waals surface area contributed by atoms with Gasteiger partial charge in [0.2, 0.25) is 0 Å². The minimum Gasteiger partial charge on any atom is -0.494 e. The molecule has 1 fully saturated rings. The Kier molecular flexibility index (Phi) is 5.52. The molecule has 0 aromatic heterocycles. The van der Waals surface area contributed by atoms with Gasteiger partial charge in [0.1, 0.15) is 5.75 Å². The molecule has 0 spiro atoms. The van der Waals surface area contributed by atoms with Crippen LogP contribution in [0.5, 0.6) is 11.5 Å². The molecule has 0 aliphatic heterocycles. The van der Waals surface area contributed by atoms with Gasteiger partial charge in [-0.15, -0.1) is 0 Å². The highest BCUT2D eigenvalue weighted by atomic mass is 17.2. The molecule has 0 unspecified atom stereocenters. The predicted molar refractivity (Wildman–Crippen MR) is 75.3 cm³/mol. The van der Waals surface area contributed by atoms with Gasteiger partial charge in [-0.1, -0.05) is 19.8 Å². The topological polar surface area (TPSA) is 27.7 Å². The third-order valence-electron chi connectivity index (χ3n) is 3.73. The molecule has 0 saturated heterocycles. The maximum absolute atomic E-state index is 5.37. The maximum atomic E-state index is 5.37. The van der Waals surface area contributed by atoms with Crippen molar-refractivity contribution in [2.75, 3.05) is 13.2 Å². The summed E-state index contributed by atoms with van der Waals surface area (Å²) in [6.45, 7) is 5.67. The first-order valence-corrected chi connectivity index (χ1v) is 7.30. The van der Waals surface area contributed by atoms with Crippen LogP contribution in [0.4, 0.5) is 0 Å². The number of ether oxygens (including phenoxy) is 1. The third kappa shape index (κ3) is 4.75. The summed E-state index contributed by atoms with van der Waals surface area (Å²) in [4.78, 5) is 10.7. The minimum absolute atomic E-state index is 0.652. The number of hydrogen-bond acceptors (Lipinski definition) is 3. The second-order valence-electron chi connectivity index (χ2n) is 5.40. The van der Waals surface area contributed by atoms with Crippen LogP contribution in [0.3, 0.4) is 0 Å². The fourth-order valence-corrected chi connectivity index (χ4v) is 2.45. The van der Waals surface area contributed by atoms with E-state index in [1.807, 2.05) is 31.2 Å². The molecule has 2 rings (SSSR count). The Bertz CT molecular complexity index is 353. The van der Waals surface area contributed by atoms with E-state index in [4.69, 9.17) is 14.5 Å². The molecular weight excluding hydrogens is 240 g/mol. The first-order chi connectivity index (χ1) is 9.28. The maximum Gasteiger partial charge on any atom is 0.165 e. The Morgan fingerprint density at radius 3 is 2.26 bits per heavy atom. The van der Waals surface area contributed by atoms with Crippen LogP contribution in [0, 0.1) is 11.8 Å². The van der Waals surface area contributed by atoms with E-state index < -0.39 is 0 Å². The van der Waals surface area contributed by atoms with E-state index in [1.165, 1.54) is 25.7 Å². The van der Waals surface area contributed by atoms with Crippen LogP contribution < -0.4 is 9.62 Å². The van der Waals surface area contributed by atoms with Gasteiger partial charge in [0.15, 0.2) is 5.75 Å². The Morgan fingerprint density at radius 2 is 1.63 bits per heavy atom. The van der Waals surface area contributed by atoms with Gasteiger partial charge in [0.05, 0.1) is 13.2 Å². The first kappa shape index (κ1) is 14.2. The van der Waals surface area contributed by atoms with Crippen LogP contribution in [0.25, 0.3) is 0 Å². The smallest absolute Gasteiger partial charge is 0.165 e. The standard InChI is InChI=1S/C16H24O3/c1-3-17-15-8-10-16(11-9-15)19-18-12-14-6-4-13(2)5-7-14/h8-11,13-14H,3-7,12H2,1-2H3. The highest BCUT2D eigenvalue weighted by Crippen LogP contribution is 2.28. The molecule has 0 atom stereocenters. The summed E-state index contributed by atoms with van der Waals surface area (Å²) in [5, 5.41) is 0. The van der Waals surface area contributed by atoms with Crippen molar-refractivity contribution in [1.29, 1.82) is 0 Å². The molecular formula is C16H24O3. The molecule has 1 saturated carbocycles. The molecule has 0 amide bonds. The lowest BCUT2D eigenvalue weighted by Crippen LogP contribution is -2.18. The summed E-state index contributed by atoms with van der Waals surface area (Å²) in [6.07, 6.45) is 5.15. The molecule has 1 aromatic carbocycles. The quantitative estimate of drug-likeness (QED) is 0.568. The normalized spacial score (nSPS) is 23.1. The zero-order valence-electron chi connectivity index (χ0n) is 11.9. The summed E-state index contributed by atoms with van der Waals surface area (Å²) in [5.41, 5.74) is 0. The number of rotatable bonds is 6. The summed E-state index contributed by atoms with van der Waals surface area (Å²) in [5.74, 6) is 3.12. The van der Waals surface area contributed by atoms with Crippen molar-refractivity contribution in [1.82, 2.24) is 0 Å². The Hall–Kier alpha value is -1.22. The summed E-state index contributed by atoms with van der Waals surface area (Å²) in [6, 6.07) is 7.52. The Labute approximate surface area is 115 Å². The van der Waals surface area contributed by atoms with E-state index >= 15 is 0 Å². The van der Waals surface area contributed by atoms with Gasteiger partial charge in [-0.25, -0.2) is 0 Å². The van der Waals surface area contributed by atoms with Crippen molar-refractivity contribution < 1.29 is 14.5 Å². The average Bonchev–Trinajstić information content (AvgIpc) is 2.43. The van der Waals surface area contributed by atoms with Gasteiger partial charge in [0, 0.05) is 0 Å². The SMILES string of the molecule is CCOc1ccc(OOCC2CCC(C)CC2)cc1. The molecule has 0 heterocycles. The van der Waals surface area contributed by atoms with Crippen molar-refractivity contribution in [2.45, 2.75) is 39.5 Å². The van der Waals surface area contributed by atoms with Gasteiger partial charge in [-0.2, -0.15) is 4.89 Å². The van der Waals surface area contributed by atoms with Crippen LogP contribution in [-0.2, 0) is 4.89 Å². The fourth-order valence-electron chi connectivity index (χ4n) is 2.45. The molecule has 0 N–H and O–H groups in total. The molecule has 1 aromatic rings. The highest BCUT2D eigenvalue weighted by molar-refractivity contribution is 5.30. The van der Waals surface area contributed by atoms with Crippen LogP contribution in [-0.4, -0.2) is 13.2 Å². The van der Waals surface area contributed by atoms with Crippen molar-refractivity contribution in [3.8, 4) is 11.5 Å². The van der Waals surface area contributed by atoms with E-state index in [0.29, 0.717) is 19.1 Å². The van der Waals surface area contributed by atoms with E-state index in [2.05, 4.69) is 6.92 Å². The molecule has 19 heavy (non-hydrogen) atoms. The van der Waals surface area contributed by atoms with Crippen molar-refractivity contribution in [2.24, 2.45) is 11.8 Å². The molecule has 1 aliphatic carbocycles. The van der Waals surface area contributed by atoms with Crippen LogP contribution >= 0.6 is 0 Å². The summed E-state index contributed by atoms with van der Waals surface area (Å²) >= 11 is 0. The van der Waals surface area contributed by atoms with Crippen molar-refractivity contribution in [3.05, 3.63) is 24.3 Å². The lowest BCUT2D eigenvalue weighted by molar-refractivity contribution is -0.218. The zero-order chi connectivity index (χ0) is 13.5. The minimum atomic E-state index is 0.652. The van der Waals surface area contributed by atoms with Crippen LogP contribution in [0.2, 0.25) is 0 Å². The van der Waals surface area contributed by atoms with Gasteiger partial charge >= 0.3 is 0 Å². The zero-order valence-corrected chi connectivity index (χ0v) is 11.9. The molecule has 0 bridgehead atoms. The van der Waals surface area contributed by atoms with Gasteiger partial charge in [-0.3, -0.25) is 0 Å². The van der Waals surface area contributed by atoms with Crippen LogP contribution in [0.1, 0.15) is 39.5 Å². The molecule has 106 valence electrons. The second kappa shape index (κ2) is 7.39.